The molecular weight excluding hydrogens is 457 g/mol. The fourth-order valence-electron chi connectivity index (χ4n) is 3.20. The summed E-state index contributed by atoms with van der Waals surface area (Å²) in [6.07, 6.45) is -3.12. The van der Waals surface area contributed by atoms with Crippen molar-refractivity contribution in [2.75, 3.05) is 31.1 Å². The molecule has 10 nitrogen and oxygen atoms in total. The van der Waals surface area contributed by atoms with Crippen molar-refractivity contribution in [1.82, 2.24) is 24.0 Å². The number of allylic oxidation sites excluding steroid dienone is 2. The molecule has 0 aliphatic carbocycles. The fraction of sp³-hybridized carbons (Fsp3) is 0.524. The summed E-state index contributed by atoms with van der Waals surface area (Å²) in [4.78, 5) is 41.4. The third-order valence-corrected chi connectivity index (χ3v) is 4.95. The first-order valence-corrected chi connectivity index (χ1v) is 10.4. The van der Waals surface area contributed by atoms with E-state index >= 15 is 0 Å². The monoisotopic (exact) mass is 484 g/mol. The summed E-state index contributed by atoms with van der Waals surface area (Å²) in [7, 11) is 1.51. The number of carbonyl (C=O) groups is 1. The topological polar surface area (TPSA) is 114 Å². The number of anilines is 1. The van der Waals surface area contributed by atoms with E-state index in [2.05, 4.69) is 22.1 Å². The van der Waals surface area contributed by atoms with Crippen molar-refractivity contribution in [3.63, 3.8) is 0 Å². The molecule has 0 radical (unpaired) electrons. The SMILES string of the molecule is CC#CCn1c(N2CCNCC2)nc2c1c(=O)n(C)c(=O)n2CC=C(C)C.O=C(O)C(F)(F)F. The van der Waals surface area contributed by atoms with Crippen molar-refractivity contribution in [3.05, 3.63) is 32.5 Å². The smallest absolute Gasteiger partial charge is 0.475 e. The molecule has 1 fully saturated rings. The van der Waals surface area contributed by atoms with Crippen LogP contribution in [0.15, 0.2) is 21.2 Å². The van der Waals surface area contributed by atoms with E-state index < -0.39 is 12.1 Å². The van der Waals surface area contributed by atoms with E-state index in [1.807, 2.05) is 24.5 Å². The van der Waals surface area contributed by atoms with Crippen LogP contribution >= 0.6 is 0 Å². The zero-order valence-electron chi connectivity index (χ0n) is 19.4. The average molecular weight is 484 g/mol. The lowest BCUT2D eigenvalue weighted by atomic mass is 10.3. The van der Waals surface area contributed by atoms with Crippen molar-refractivity contribution in [1.29, 1.82) is 0 Å². The highest BCUT2D eigenvalue weighted by Gasteiger charge is 2.38. The Morgan fingerprint density at radius 3 is 2.29 bits per heavy atom. The molecule has 3 heterocycles. The summed E-state index contributed by atoms with van der Waals surface area (Å²) in [6.45, 7) is 9.76. The average Bonchev–Trinajstić information content (AvgIpc) is 3.15. The number of halogens is 3. The molecule has 1 aliphatic heterocycles. The number of hydrogen-bond donors (Lipinski definition) is 2. The number of aromatic nitrogens is 4. The van der Waals surface area contributed by atoms with E-state index in [9.17, 15) is 22.8 Å². The van der Waals surface area contributed by atoms with Gasteiger partial charge in [0.05, 0.1) is 6.54 Å². The Morgan fingerprint density at radius 1 is 1.21 bits per heavy atom. The summed E-state index contributed by atoms with van der Waals surface area (Å²) in [5.41, 5.74) is 1.25. The number of nitrogens with one attached hydrogen (secondary N) is 1. The lowest BCUT2D eigenvalue weighted by Gasteiger charge is -2.28. The van der Waals surface area contributed by atoms with Crippen LogP contribution in [0.4, 0.5) is 19.1 Å². The first-order chi connectivity index (χ1) is 15.9. The predicted molar refractivity (Wildman–Crippen MR) is 121 cm³/mol. The maximum Gasteiger partial charge on any atom is 0.490 e. The van der Waals surface area contributed by atoms with Crippen LogP contribution in [0, 0.1) is 11.8 Å². The molecule has 0 spiro atoms. The van der Waals surface area contributed by atoms with Gasteiger partial charge in [-0.1, -0.05) is 17.6 Å². The van der Waals surface area contributed by atoms with E-state index in [1.165, 1.54) is 7.05 Å². The zero-order valence-corrected chi connectivity index (χ0v) is 19.4. The number of alkyl halides is 3. The Bertz CT molecular complexity index is 1250. The highest BCUT2D eigenvalue weighted by molar-refractivity contribution is 5.75. The van der Waals surface area contributed by atoms with Gasteiger partial charge in [-0.15, -0.1) is 5.92 Å². The molecule has 0 saturated carbocycles. The summed E-state index contributed by atoms with van der Waals surface area (Å²) >= 11 is 0. The van der Waals surface area contributed by atoms with Gasteiger partial charge in [0.25, 0.3) is 5.56 Å². The third-order valence-electron chi connectivity index (χ3n) is 4.95. The minimum absolute atomic E-state index is 0.338. The van der Waals surface area contributed by atoms with E-state index in [1.54, 1.807) is 11.5 Å². The first-order valence-electron chi connectivity index (χ1n) is 10.4. The normalized spacial score (nSPS) is 13.6. The molecule has 0 atom stereocenters. The molecule has 2 aromatic heterocycles. The maximum atomic E-state index is 12.9. The molecule has 2 N–H and O–H groups in total. The van der Waals surface area contributed by atoms with Crippen LogP contribution in [0.1, 0.15) is 20.8 Å². The molecule has 0 aromatic carbocycles. The predicted octanol–water partition coefficient (Wildman–Crippen LogP) is 0.929. The second-order valence-corrected chi connectivity index (χ2v) is 7.68. The largest absolute Gasteiger partial charge is 0.490 e. The first kappa shape index (κ1) is 26.7. The molecule has 13 heteroatoms. The van der Waals surface area contributed by atoms with Gasteiger partial charge in [0.1, 0.15) is 0 Å². The van der Waals surface area contributed by atoms with Gasteiger partial charge in [-0.05, 0) is 20.8 Å². The molecular formula is C21H27F3N6O4. The number of rotatable bonds is 4. The molecule has 0 amide bonds. The highest BCUT2D eigenvalue weighted by atomic mass is 19.4. The van der Waals surface area contributed by atoms with Crippen LogP contribution < -0.4 is 21.5 Å². The third kappa shape index (κ3) is 6.07. The van der Waals surface area contributed by atoms with Crippen molar-refractivity contribution in [3.8, 4) is 11.8 Å². The number of hydrogen-bond acceptors (Lipinski definition) is 6. The van der Waals surface area contributed by atoms with Gasteiger partial charge < -0.3 is 15.3 Å². The minimum Gasteiger partial charge on any atom is -0.475 e. The molecule has 186 valence electrons. The highest BCUT2D eigenvalue weighted by Crippen LogP contribution is 2.20. The number of fused-ring (bicyclic) bond motifs is 1. The van der Waals surface area contributed by atoms with Crippen LogP contribution in [0.2, 0.25) is 0 Å². The summed E-state index contributed by atoms with van der Waals surface area (Å²) in [5, 5.41) is 10.4. The molecule has 1 saturated heterocycles. The number of carboxylic acids is 1. The number of carboxylic acid groups (broad SMARTS) is 1. The number of piperazine rings is 1. The van der Waals surface area contributed by atoms with Gasteiger partial charge in [-0.25, -0.2) is 9.59 Å². The van der Waals surface area contributed by atoms with Crippen molar-refractivity contribution < 1.29 is 23.1 Å². The van der Waals surface area contributed by atoms with Gasteiger partial charge >= 0.3 is 17.8 Å². The van der Waals surface area contributed by atoms with Crippen LogP contribution in [-0.2, 0) is 24.9 Å². The Hall–Kier alpha value is -3.53. The zero-order chi connectivity index (χ0) is 25.6. The summed E-state index contributed by atoms with van der Waals surface area (Å²) < 4.78 is 36.3. The Labute approximate surface area is 193 Å². The maximum absolute atomic E-state index is 12.9. The standard InChI is InChI=1S/C19H26N6O2.C2HF3O2/c1-5-6-10-24-15-16(21-18(24)23-12-8-20-9-13-23)25(11-7-14(2)3)19(27)22(4)17(15)26;3-2(4,5)1(6)7/h7,20H,8-13H2,1-4H3;(H,6,7). The molecule has 0 bridgehead atoms. The van der Waals surface area contributed by atoms with E-state index in [0.717, 1.165) is 36.3 Å². The molecule has 34 heavy (non-hydrogen) atoms. The quantitative estimate of drug-likeness (QED) is 0.490. The van der Waals surface area contributed by atoms with Gasteiger partial charge in [0, 0.05) is 39.8 Å². The summed E-state index contributed by atoms with van der Waals surface area (Å²) in [6, 6.07) is 0. The van der Waals surface area contributed by atoms with E-state index in [-0.39, 0.29) is 11.2 Å². The Morgan fingerprint density at radius 2 is 1.79 bits per heavy atom. The minimum atomic E-state index is -5.08. The lowest BCUT2D eigenvalue weighted by Crippen LogP contribution is -2.44. The number of imidazole rings is 1. The lowest BCUT2D eigenvalue weighted by molar-refractivity contribution is -0.192. The van der Waals surface area contributed by atoms with Crippen LogP contribution in [-0.4, -0.2) is 62.1 Å². The second kappa shape index (κ2) is 11.1. The van der Waals surface area contributed by atoms with Gasteiger partial charge in [-0.3, -0.25) is 18.5 Å². The fourth-order valence-corrected chi connectivity index (χ4v) is 3.20. The van der Waals surface area contributed by atoms with Gasteiger partial charge in [0.2, 0.25) is 5.95 Å². The van der Waals surface area contributed by atoms with Gasteiger partial charge in [-0.2, -0.15) is 18.2 Å². The Balaban J connectivity index is 0.000000509. The van der Waals surface area contributed by atoms with Crippen molar-refractivity contribution in [2.45, 2.75) is 40.0 Å². The molecule has 0 unspecified atom stereocenters. The van der Waals surface area contributed by atoms with Crippen molar-refractivity contribution >= 4 is 23.1 Å². The second-order valence-electron chi connectivity index (χ2n) is 7.68. The molecule has 1 aliphatic rings. The van der Waals surface area contributed by atoms with Crippen LogP contribution in [0.3, 0.4) is 0 Å². The number of nitrogens with zero attached hydrogens (tertiary/aromatic N) is 5. The molecule has 2 aromatic rings. The molecule has 3 rings (SSSR count). The van der Waals surface area contributed by atoms with Gasteiger partial charge in [0.15, 0.2) is 11.2 Å². The van der Waals surface area contributed by atoms with E-state index in [4.69, 9.17) is 14.9 Å². The van der Waals surface area contributed by atoms with E-state index in [0.29, 0.717) is 30.2 Å². The van der Waals surface area contributed by atoms with Crippen LogP contribution in [0.25, 0.3) is 11.2 Å². The number of aliphatic carboxylic acids is 1. The summed E-state index contributed by atoms with van der Waals surface area (Å²) in [5.74, 6) is 3.86. The Kier molecular flexibility index (Phi) is 8.69. The van der Waals surface area contributed by atoms with Crippen LogP contribution in [0.5, 0.6) is 0 Å². The van der Waals surface area contributed by atoms with Crippen molar-refractivity contribution in [2.24, 2.45) is 7.05 Å².